The molecule has 2 aromatic carbocycles. The van der Waals surface area contributed by atoms with Crippen LogP contribution < -0.4 is 10.6 Å². The first kappa shape index (κ1) is 19.0. The molecule has 4 nitrogen and oxygen atoms in total. The van der Waals surface area contributed by atoms with E-state index in [4.69, 9.17) is 11.6 Å². The molecule has 0 spiro atoms. The molecule has 0 heterocycles. The van der Waals surface area contributed by atoms with Crippen LogP contribution >= 0.6 is 11.6 Å². The first-order chi connectivity index (χ1) is 12.0. The Morgan fingerprint density at radius 3 is 2.44 bits per heavy atom. The predicted octanol–water partition coefficient (Wildman–Crippen LogP) is 4.04. The highest BCUT2D eigenvalue weighted by atomic mass is 35.5. The minimum atomic E-state index is -0.162. The number of carbonyl (C=O) groups is 2. The van der Waals surface area contributed by atoms with Crippen LogP contribution in [0, 0.1) is 6.92 Å². The molecule has 2 amide bonds. The molecule has 0 saturated heterocycles. The van der Waals surface area contributed by atoms with Crippen molar-refractivity contribution >= 4 is 23.4 Å². The first-order valence-electron chi connectivity index (χ1n) is 8.36. The number of benzene rings is 2. The molecule has 0 saturated carbocycles. The normalized spacial score (nSPS) is 11.6. The zero-order chi connectivity index (χ0) is 18.2. The Kier molecular flexibility index (Phi) is 7.02. The third-order valence-corrected chi connectivity index (χ3v) is 4.26. The second-order valence-electron chi connectivity index (χ2n) is 6.01. The average molecular weight is 359 g/mol. The first-order valence-corrected chi connectivity index (χ1v) is 8.74. The van der Waals surface area contributed by atoms with Crippen molar-refractivity contribution in [3.05, 3.63) is 70.2 Å². The maximum atomic E-state index is 12.1. The molecule has 0 bridgehead atoms. The molecule has 0 aliphatic carbocycles. The van der Waals surface area contributed by atoms with Crippen LogP contribution in [0.5, 0.6) is 0 Å². The second-order valence-corrected chi connectivity index (χ2v) is 6.45. The van der Waals surface area contributed by atoms with Crippen molar-refractivity contribution in [1.29, 1.82) is 0 Å². The molecule has 2 rings (SSSR count). The fourth-order valence-electron chi connectivity index (χ4n) is 2.62. The molecule has 25 heavy (non-hydrogen) atoms. The van der Waals surface area contributed by atoms with E-state index in [2.05, 4.69) is 10.6 Å². The van der Waals surface area contributed by atoms with Crippen molar-refractivity contribution in [2.75, 3.05) is 6.54 Å². The summed E-state index contributed by atoms with van der Waals surface area (Å²) >= 11 is 5.80. The van der Waals surface area contributed by atoms with Gasteiger partial charge in [0.2, 0.25) is 5.91 Å². The quantitative estimate of drug-likeness (QED) is 0.734. The van der Waals surface area contributed by atoms with Gasteiger partial charge in [-0.25, -0.2) is 0 Å². The molecule has 2 aromatic rings. The molecule has 0 fully saturated rings. The number of nitrogens with one attached hydrogen (secondary N) is 2. The van der Waals surface area contributed by atoms with E-state index in [-0.39, 0.29) is 17.9 Å². The van der Waals surface area contributed by atoms with Gasteiger partial charge in [-0.3, -0.25) is 9.59 Å². The number of hydrogen-bond acceptors (Lipinski definition) is 2. The summed E-state index contributed by atoms with van der Waals surface area (Å²) in [4.78, 5) is 24.0. The monoisotopic (exact) mass is 358 g/mol. The zero-order valence-corrected chi connectivity index (χ0v) is 15.3. The Labute approximate surface area is 153 Å². The number of rotatable bonds is 7. The van der Waals surface area contributed by atoms with Crippen LogP contribution in [0.25, 0.3) is 0 Å². The Hall–Kier alpha value is -2.33. The van der Waals surface area contributed by atoms with E-state index < -0.39 is 0 Å². The Bertz CT molecular complexity index is 729. The van der Waals surface area contributed by atoms with Gasteiger partial charge in [-0.05, 0) is 55.7 Å². The summed E-state index contributed by atoms with van der Waals surface area (Å²) in [7, 11) is 0. The van der Waals surface area contributed by atoms with Crippen LogP contribution in [0.1, 0.15) is 47.3 Å². The van der Waals surface area contributed by atoms with Crippen molar-refractivity contribution in [2.45, 2.75) is 32.7 Å². The SMILES string of the molecule is Cc1ccccc1C(C)NC(=O)CCCNC(=O)c1ccc(Cl)cc1. The Balaban J connectivity index is 1.71. The number of carbonyl (C=O) groups excluding carboxylic acids is 2. The van der Waals surface area contributed by atoms with Crippen molar-refractivity contribution in [1.82, 2.24) is 10.6 Å². The third-order valence-electron chi connectivity index (χ3n) is 4.01. The van der Waals surface area contributed by atoms with Gasteiger partial charge in [0, 0.05) is 23.6 Å². The molecule has 2 N–H and O–H groups in total. The summed E-state index contributed by atoms with van der Waals surface area (Å²) < 4.78 is 0. The van der Waals surface area contributed by atoms with Gasteiger partial charge in [0.05, 0.1) is 6.04 Å². The molecule has 5 heteroatoms. The smallest absolute Gasteiger partial charge is 0.251 e. The standard InChI is InChI=1S/C20H23ClN2O2/c1-14-6-3-4-7-18(14)15(2)23-19(24)8-5-13-22-20(25)16-9-11-17(21)12-10-16/h3-4,6-7,9-12,15H,5,8,13H2,1-2H3,(H,22,25)(H,23,24). The molecule has 0 aromatic heterocycles. The van der Waals surface area contributed by atoms with E-state index in [1.807, 2.05) is 38.1 Å². The van der Waals surface area contributed by atoms with Crippen LogP contribution in [0.4, 0.5) is 0 Å². The number of aryl methyl sites for hydroxylation is 1. The van der Waals surface area contributed by atoms with Crippen molar-refractivity contribution in [3.8, 4) is 0 Å². The van der Waals surface area contributed by atoms with Crippen LogP contribution in [0.3, 0.4) is 0 Å². The molecule has 1 atom stereocenters. The summed E-state index contributed by atoms with van der Waals surface area (Å²) in [5, 5.41) is 6.40. The fourth-order valence-corrected chi connectivity index (χ4v) is 2.74. The van der Waals surface area contributed by atoms with Crippen LogP contribution in [-0.2, 0) is 4.79 Å². The van der Waals surface area contributed by atoms with E-state index >= 15 is 0 Å². The van der Waals surface area contributed by atoms with Crippen molar-refractivity contribution < 1.29 is 9.59 Å². The lowest BCUT2D eigenvalue weighted by Crippen LogP contribution is -2.29. The van der Waals surface area contributed by atoms with Crippen LogP contribution in [0.2, 0.25) is 5.02 Å². The van der Waals surface area contributed by atoms with E-state index in [0.29, 0.717) is 30.0 Å². The van der Waals surface area contributed by atoms with Gasteiger partial charge < -0.3 is 10.6 Å². The predicted molar refractivity (Wildman–Crippen MR) is 101 cm³/mol. The largest absolute Gasteiger partial charge is 0.352 e. The summed E-state index contributed by atoms with van der Waals surface area (Å²) in [6.45, 7) is 4.46. The maximum absolute atomic E-state index is 12.1. The van der Waals surface area contributed by atoms with Crippen LogP contribution in [0.15, 0.2) is 48.5 Å². The van der Waals surface area contributed by atoms with Gasteiger partial charge in [-0.2, -0.15) is 0 Å². The van der Waals surface area contributed by atoms with E-state index in [9.17, 15) is 9.59 Å². The van der Waals surface area contributed by atoms with Gasteiger partial charge in [-0.1, -0.05) is 35.9 Å². The summed E-state index contributed by atoms with van der Waals surface area (Å²) in [6, 6.07) is 14.7. The summed E-state index contributed by atoms with van der Waals surface area (Å²) in [5.74, 6) is -0.179. The molecule has 1 unspecified atom stereocenters. The Morgan fingerprint density at radius 1 is 1.08 bits per heavy atom. The molecular weight excluding hydrogens is 336 g/mol. The lowest BCUT2D eigenvalue weighted by molar-refractivity contribution is -0.121. The second kappa shape index (κ2) is 9.23. The molecule has 0 aliphatic heterocycles. The number of amides is 2. The topological polar surface area (TPSA) is 58.2 Å². The molecule has 0 aliphatic rings. The fraction of sp³-hybridized carbons (Fsp3) is 0.300. The van der Waals surface area contributed by atoms with E-state index in [1.54, 1.807) is 24.3 Å². The summed E-state index contributed by atoms with van der Waals surface area (Å²) in [5.41, 5.74) is 2.83. The highest BCUT2D eigenvalue weighted by Crippen LogP contribution is 2.16. The molecule has 132 valence electrons. The van der Waals surface area contributed by atoms with E-state index in [1.165, 1.54) is 0 Å². The highest BCUT2D eigenvalue weighted by Gasteiger charge is 2.11. The zero-order valence-electron chi connectivity index (χ0n) is 14.5. The maximum Gasteiger partial charge on any atom is 0.251 e. The number of hydrogen-bond donors (Lipinski definition) is 2. The molecule has 0 radical (unpaired) electrons. The minimum Gasteiger partial charge on any atom is -0.352 e. The van der Waals surface area contributed by atoms with E-state index in [0.717, 1.165) is 11.1 Å². The van der Waals surface area contributed by atoms with Gasteiger partial charge in [0.15, 0.2) is 0 Å². The molecular formula is C20H23ClN2O2. The third kappa shape index (κ3) is 5.91. The number of halogens is 1. The highest BCUT2D eigenvalue weighted by molar-refractivity contribution is 6.30. The average Bonchev–Trinajstić information content (AvgIpc) is 2.59. The van der Waals surface area contributed by atoms with Gasteiger partial charge >= 0.3 is 0 Å². The van der Waals surface area contributed by atoms with Crippen molar-refractivity contribution in [2.24, 2.45) is 0 Å². The van der Waals surface area contributed by atoms with Crippen LogP contribution in [-0.4, -0.2) is 18.4 Å². The lowest BCUT2D eigenvalue weighted by Gasteiger charge is -2.16. The van der Waals surface area contributed by atoms with Gasteiger partial charge in [0.25, 0.3) is 5.91 Å². The van der Waals surface area contributed by atoms with Gasteiger partial charge in [0.1, 0.15) is 0 Å². The summed E-state index contributed by atoms with van der Waals surface area (Å²) in [6.07, 6.45) is 0.961. The van der Waals surface area contributed by atoms with Crippen molar-refractivity contribution in [3.63, 3.8) is 0 Å². The van der Waals surface area contributed by atoms with Gasteiger partial charge in [-0.15, -0.1) is 0 Å². The Morgan fingerprint density at radius 2 is 1.76 bits per heavy atom. The minimum absolute atomic E-state index is 0.0171. The lowest BCUT2D eigenvalue weighted by atomic mass is 10.0.